The maximum atomic E-state index is 12.3. The van der Waals surface area contributed by atoms with Crippen LogP contribution in [0.15, 0.2) is 18.2 Å². The monoisotopic (exact) mass is 260 g/mol. The Hall–Kier alpha value is -1.47. The standard InChI is InChI=1S/C14H16N2OS/c1-10-5-3-6-12(11(10)9-15)16-13(17)14(2)7-4-8-18-14/h3,5-6H,4,7-8H2,1-2H3,(H,16,17). The van der Waals surface area contributed by atoms with Crippen LogP contribution in [0.5, 0.6) is 0 Å². The molecule has 1 aromatic rings. The smallest absolute Gasteiger partial charge is 0.240 e. The number of nitrogens with zero attached hydrogens (tertiary/aromatic N) is 1. The van der Waals surface area contributed by atoms with Crippen LogP contribution >= 0.6 is 11.8 Å². The number of hydrogen-bond acceptors (Lipinski definition) is 3. The van der Waals surface area contributed by atoms with E-state index in [0.29, 0.717) is 11.3 Å². The summed E-state index contributed by atoms with van der Waals surface area (Å²) in [6.45, 7) is 3.85. The number of nitrogens with one attached hydrogen (secondary N) is 1. The van der Waals surface area contributed by atoms with E-state index in [1.807, 2.05) is 26.0 Å². The number of hydrogen-bond donors (Lipinski definition) is 1. The third-order valence-electron chi connectivity index (χ3n) is 3.33. The molecule has 0 radical (unpaired) electrons. The van der Waals surface area contributed by atoms with Crippen molar-refractivity contribution < 1.29 is 4.79 Å². The Morgan fingerprint density at radius 1 is 1.56 bits per heavy atom. The van der Waals surface area contributed by atoms with Crippen molar-refractivity contribution >= 4 is 23.4 Å². The molecule has 0 aliphatic carbocycles. The molecule has 1 fully saturated rings. The highest BCUT2D eigenvalue weighted by molar-refractivity contribution is 8.01. The summed E-state index contributed by atoms with van der Waals surface area (Å²) in [5, 5.41) is 12.0. The number of anilines is 1. The van der Waals surface area contributed by atoms with E-state index < -0.39 is 0 Å². The van der Waals surface area contributed by atoms with Crippen molar-refractivity contribution in [1.29, 1.82) is 5.26 Å². The molecule has 94 valence electrons. The Balaban J connectivity index is 2.22. The molecule has 1 saturated heterocycles. The van der Waals surface area contributed by atoms with Crippen molar-refractivity contribution in [2.45, 2.75) is 31.4 Å². The van der Waals surface area contributed by atoms with Crippen LogP contribution in [0.25, 0.3) is 0 Å². The van der Waals surface area contributed by atoms with Crippen LogP contribution in [-0.2, 0) is 4.79 Å². The molecule has 1 N–H and O–H groups in total. The molecule has 1 amide bonds. The molecular weight excluding hydrogens is 244 g/mol. The van der Waals surface area contributed by atoms with Gasteiger partial charge in [-0.3, -0.25) is 4.79 Å². The van der Waals surface area contributed by atoms with Crippen molar-refractivity contribution in [1.82, 2.24) is 0 Å². The van der Waals surface area contributed by atoms with Crippen LogP contribution < -0.4 is 5.32 Å². The van der Waals surface area contributed by atoms with Gasteiger partial charge in [-0.1, -0.05) is 12.1 Å². The van der Waals surface area contributed by atoms with Gasteiger partial charge in [0, 0.05) is 0 Å². The lowest BCUT2D eigenvalue weighted by Crippen LogP contribution is -2.34. The average Bonchev–Trinajstić information content (AvgIpc) is 2.78. The third kappa shape index (κ3) is 2.37. The second kappa shape index (κ2) is 5.03. The molecule has 4 heteroatoms. The minimum Gasteiger partial charge on any atom is -0.324 e. The van der Waals surface area contributed by atoms with E-state index in [9.17, 15) is 4.79 Å². The van der Waals surface area contributed by atoms with Crippen molar-refractivity contribution in [3.63, 3.8) is 0 Å². The molecule has 1 aromatic carbocycles. The lowest BCUT2D eigenvalue weighted by molar-refractivity contribution is -0.118. The molecule has 0 bridgehead atoms. The summed E-state index contributed by atoms with van der Waals surface area (Å²) in [6, 6.07) is 7.67. The maximum absolute atomic E-state index is 12.3. The summed E-state index contributed by atoms with van der Waals surface area (Å²) < 4.78 is -0.351. The van der Waals surface area contributed by atoms with E-state index in [1.165, 1.54) is 0 Å². The fourth-order valence-corrected chi connectivity index (χ4v) is 3.34. The SMILES string of the molecule is Cc1cccc(NC(=O)C2(C)CCCS2)c1C#N. The lowest BCUT2D eigenvalue weighted by Gasteiger charge is -2.22. The third-order valence-corrected chi connectivity index (χ3v) is 4.85. The molecule has 1 unspecified atom stereocenters. The van der Waals surface area contributed by atoms with Gasteiger partial charge in [0.05, 0.1) is 16.0 Å². The summed E-state index contributed by atoms with van der Waals surface area (Å²) in [6.07, 6.45) is 1.98. The number of thioether (sulfide) groups is 1. The van der Waals surface area contributed by atoms with E-state index >= 15 is 0 Å². The lowest BCUT2D eigenvalue weighted by atomic mass is 10.0. The normalized spacial score (nSPS) is 22.5. The van der Waals surface area contributed by atoms with Crippen molar-refractivity contribution in [3.8, 4) is 6.07 Å². The minimum atomic E-state index is -0.351. The molecular formula is C14H16N2OS. The van der Waals surface area contributed by atoms with Gasteiger partial charge in [0.15, 0.2) is 0 Å². The number of amides is 1. The Kier molecular flexibility index (Phi) is 3.63. The molecule has 2 rings (SSSR count). The molecule has 1 aliphatic heterocycles. The second-order valence-electron chi connectivity index (χ2n) is 4.75. The van der Waals surface area contributed by atoms with Gasteiger partial charge >= 0.3 is 0 Å². The zero-order chi connectivity index (χ0) is 13.2. The second-order valence-corrected chi connectivity index (χ2v) is 6.34. The number of aryl methyl sites for hydroxylation is 1. The minimum absolute atomic E-state index is 0.00657. The van der Waals surface area contributed by atoms with Crippen LogP contribution in [0.1, 0.15) is 30.9 Å². The van der Waals surface area contributed by atoms with Crippen molar-refractivity contribution in [2.24, 2.45) is 0 Å². The van der Waals surface area contributed by atoms with Gasteiger partial charge in [0.2, 0.25) is 5.91 Å². The summed E-state index contributed by atoms with van der Waals surface area (Å²) in [5.41, 5.74) is 2.06. The molecule has 18 heavy (non-hydrogen) atoms. The molecule has 1 heterocycles. The topological polar surface area (TPSA) is 52.9 Å². The first-order valence-electron chi connectivity index (χ1n) is 6.02. The highest BCUT2D eigenvalue weighted by Gasteiger charge is 2.37. The first kappa shape index (κ1) is 13.0. The number of rotatable bonds is 2. The summed E-state index contributed by atoms with van der Waals surface area (Å²) in [7, 11) is 0. The predicted molar refractivity (Wildman–Crippen MR) is 74.6 cm³/mol. The largest absolute Gasteiger partial charge is 0.324 e. The van der Waals surface area contributed by atoms with Gasteiger partial charge in [-0.05, 0) is 44.1 Å². The van der Waals surface area contributed by atoms with E-state index in [-0.39, 0.29) is 10.7 Å². The summed E-state index contributed by atoms with van der Waals surface area (Å²) >= 11 is 1.69. The number of carbonyl (C=O) groups excluding carboxylic acids is 1. The Morgan fingerprint density at radius 3 is 2.94 bits per heavy atom. The number of benzene rings is 1. The number of carbonyl (C=O) groups is 1. The first-order chi connectivity index (χ1) is 8.57. The van der Waals surface area contributed by atoms with Gasteiger partial charge < -0.3 is 5.32 Å². The van der Waals surface area contributed by atoms with Crippen LogP contribution in [0, 0.1) is 18.3 Å². The summed E-state index contributed by atoms with van der Waals surface area (Å²) in [5.74, 6) is 1.04. The van der Waals surface area contributed by atoms with Crippen molar-refractivity contribution in [2.75, 3.05) is 11.1 Å². The zero-order valence-electron chi connectivity index (χ0n) is 10.6. The predicted octanol–water partition coefficient (Wildman–Crippen LogP) is 3.09. The van der Waals surface area contributed by atoms with E-state index in [2.05, 4.69) is 11.4 Å². The fraction of sp³-hybridized carbons (Fsp3) is 0.429. The van der Waals surface area contributed by atoms with Crippen LogP contribution in [0.3, 0.4) is 0 Å². The van der Waals surface area contributed by atoms with Crippen LogP contribution in [-0.4, -0.2) is 16.4 Å². The molecule has 1 aliphatic rings. The molecule has 0 aromatic heterocycles. The first-order valence-corrected chi connectivity index (χ1v) is 7.00. The maximum Gasteiger partial charge on any atom is 0.240 e. The Morgan fingerprint density at radius 2 is 2.33 bits per heavy atom. The van der Waals surface area contributed by atoms with E-state index in [0.717, 1.165) is 24.2 Å². The van der Waals surface area contributed by atoms with Crippen LogP contribution in [0.4, 0.5) is 5.69 Å². The summed E-state index contributed by atoms with van der Waals surface area (Å²) in [4.78, 5) is 12.3. The van der Waals surface area contributed by atoms with Gasteiger partial charge in [-0.15, -0.1) is 11.8 Å². The van der Waals surface area contributed by atoms with Gasteiger partial charge in [0.25, 0.3) is 0 Å². The molecule has 0 spiro atoms. The molecule has 3 nitrogen and oxygen atoms in total. The fourth-order valence-electron chi connectivity index (χ4n) is 2.13. The highest BCUT2D eigenvalue weighted by Crippen LogP contribution is 2.38. The average molecular weight is 260 g/mol. The Bertz CT molecular complexity index is 513. The quantitative estimate of drug-likeness (QED) is 0.889. The molecule has 0 saturated carbocycles. The van der Waals surface area contributed by atoms with Gasteiger partial charge in [-0.25, -0.2) is 0 Å². The number of nitriles is 1. The van der Waals surface area contributed by atoms with Gasteiger partial charge in [0.1, 0.15) is 6.07 Å². The van der Waals surface area contributed by atoms with E-state index in [1.54, 1.807) is 17.8 Å². The Labute approximate surface area is 112 Å². The highest BCUT2D eigenvalue weighted by atomic mass is 32.2. The van der Waals surface area contributed by atoms with E-state index in [4.69, 9.17) is 5.26 Å². The zero-order valence-corrected chi connectivity index (χ0v) is 11.4. The molecule has 1 atom stereocenters. The van der Waals surface area contributed by atoms with Gasteiger partial charge in [-0.2, -0.15) is 5.26 Å². The van der Waals surface area contributed by atoms with Crippen LogP contribution in [0.2, 0.25) is 0 Å². The van der Waals surface area contributed by atoms with Crippen molar-refractivity contribution in [3.05, 3.63) is 29.3 Å².